The Labute approximate surface area is 79.1 Å². The van der Waals surface area contributed by atoms with Crippen LogP contribution in [-0.2, 0) is 4.57 Å². The van der Waals surface area contributed by atoms with E-state index in [0.717, 1.165) is 13.1 Å². The van der Waals surface area contributed by atoms with Crippen molar-refractivity contribution in [1.82, 2.24) is 4.90 Å². The highest BCUT2D eigenvalue weighted by Gasteiger charge is 2.32. The zero-order valence-electron chi connectivity index (χ0n) is 8.18. The van der Waals surface area contributed by atoms with Crippen LogP contribution in [0.4, 0.5) is 0 Å². The number of hydrogen-bond acceptors (Lipinski definition) is 2. The Hall–Kier alpha value is 0.110. The predicted molar refractivity (Wildman–Crippen MR) is 51.8 cm³/mol. The highest BCUT2D eigenvalue weighted by atomic mass is 31.2. The molecule has 0 atom stereocenters. The molecule has 0 spiro atoms. The molecule has 0 radical (unpaired) electrons. The first-order valence-corrected chi connectivity index (χ1v) is 6.38. The predicted octanol–water partition coefficient (Wildman–Crippen LogP) is 1.04. The SMILES string of the molecule is CC(C)N1CCC(P(=O)(O)O)CC1. The second kappa shape index (κ2) is 4.09. The van der Waals surface area contributed by atoms with E-state index in [9.17, 15) is 4.57 Å². The Morgan fingerprint density at radius 1 is 1.31 bits per heavy atom. The molecular weight excluding hydrogens is 189 g/mol. The molecule has 2 N–H and O–H groups in total. The van der Waals surface area contributed by atoms with E-state index >= 15 is 0 Å². The molecule has 4 nitrogen and oxygen atoms in total. The van der Waals surface area contributed by atoms with Gasteiger partial charge in [-0.05, 0) is 39.8 Å². The lowest BCUT2D eigenvalue weighted by molar-refractivity contribution is 0.178. The van der Waals surface area contributed by atoms with E-state index in [1.54, 1.807) is 0 Å². The van der Waals surface area contributed by atoms with E-state index in [0.29, 0.717) is 18.9 Å². The summed E-state index contributed by atoms with van der Waals surface area (Å²) in [4.78, 5) is 20.2. The molecule has 13 heavy (non-hydrogen) atoms. The molecule has 0 bridgehead atoms. The molecule has 0 aromatic heterocycles. The van der Waals surface area contributed by atoms with E-state index in [4.69, 9.17) is 9.79 Å². The summed E-state index contributed by atoms with van der Waals surface area (Å²) >= 11 is 0. The van der Waals surface area contributed by atoms with Crippen LogP contribution in [0.2, 0.25) is 0 Å². The van der Waals surface area contributed by atoms with Crippen LogP contribution >= 0.6 is 7.60 Å². The van der Waals surface area contributed by atoms with E-state index in [1.165, 1.54) is 0 Å². The lowest BCUT2D eigenvalue weighted by Crippen LogP contribution is -2.40. The topological polar surface area (TPSA) is 60.8 Å². The van der Waals surface area contributed by atoms with Gasteiger partial charge >= 0.3 is 7.60 Å². The molecule has 78 valence electrons. The van der Waals surface area contributed by atoms with Crippen molar-refractivity contribution in [3.63, 3.8) is 0 Å². The average molecular weight is 207 g/mol. The molecule has 0 amide bonds. The molecular formula is C8H18NO3P. The van der Waals surface area contributed by atoms with Crippen molar-refractivity contribution in [3.05, 3.63) is 0 Å². The molecule has 0 unspecified atom stereocenters. The summed E-state index contributed by atoms with van der Waals surface area (Å²) in [6, 6.07) is 0.484. The molecule has 0 aromatic carbocycles. The van der Waals surface area contributed by atoms with Gasteiger partial charge in [0.05, 0.1) is 5.66 Å². The summed E-state index contributed by atoms with van der Waals surface area (Å²) in [5, 5.41) is 0. The van der Waals surface area contributed by atoms with Crippen LogP contribution in [-0.4, -0.2) is 39.5 Å². The van der Waals surface area contributed by atoms with Crippen molar-refractivity contribution >= 4 is 7.60 Å². The normalized spacial score (nSPS) is 22.5. The summed E-state index contributed by atoms with van der Waals surface area (Å²) < 4.78 is 10.9. The first-order chi connectivity index (χ1) is 5.91. The third kappa shape index (κ3) is 3.06. The second-order valence-electron chi connectivity index (χ2n) is 3.95. The first-order valence-electron chi connectivity index (χ1n) is 4.70. The minimum atomic E-state index is -3.82. The molecule has 1 rings (SSSR count). The maximum absolute atomic E-state index is 10.9. The number of rotatable bonds is 2. The Kier molecular flexibility index (Phi) is 3.52. The number of nitrogens with zero attached hydrogens (tertiary/aromatic N) is 1. The molecule has 1 aliphatic heterocycles. The minimum Gasteiger partial charge on any atom is -0.324 e. The maximum Gasteiger partial charge on any atom is 0.328 e. The monoisotopic (exact) mass is 207 g/mol. The zero-order chi connectivity index (χ0) is 10.1. The van der Waals surface area contributed by atoms with Crippen LogP contribution < -0.4 is 0 Å². The van der Waals surface area contributed by atoms with Crippen LogP contribution in [0.3, 0.4) is 0 Å². The van der Waals surface area contributed by atoms with Gasteiger partial charge in [-0.3, -0.25) is 4.57 Å². The van der Waals surface area contributed by atoms with Gasteiger partial charge < -0.3 is 14.7 Å². The van der Waals surface area contributed by atoms with E-state index in [-0.39, 0.29) is 0 Å². The zero-order valence-corrected chi connectivity index (χ0v) is 9.07. The van der Waals surface area contributed by atoms with Crippen molar-refractivity contribution in [2.75, 3.05) is 13.1 Å². The van der Waals surface area contributed by atoms with Gasteiger partial charge in [0.1, 0.15) is 0 Å². The van der Waals surface area contributed by atoms with Gasteiger partial charge in [0.2, 0.25) is 0 Å². The standard InChI is InChI=1S/C8H18NO3P/c1-7(2)9-5-3-8(4-6-9)13(10,11)12/h7-8H,3-6H2,1-2H3,(H2,10,11,12). The van der Waals surface area contributed by atoms with Crippen molar-refractivity contribution < 1.29 is 14.4 Å². The van der Waals surface area contributed by atoms with Crippen molar-refractivity contribution in [2.45, 2.75) is 38.4 Å². The van der Waals surface area contributed by atoms with Gasteiger partial charge in [0.15, 0.2) is 0 Å². The van der Waals surface area contributed by atoms with Crippen LogP contribution in [0.15, 0.2) is 0 Å². The van der Waals surface area contributed by atoms with Gasteiger partial charge in [-0.25, -0.2) is 0 Å². The number of hydrogen-bond donors (Lipinski definition) is 2. The van der Waals surface area contributed by atoms with Gasteiger partial charge in [-0.2, -0.15) is 0 Å². The Balaban J connectivity index is 2.44. The van der Waals surface area contributed by atoms with Gasteiger partial charge in [0, 0.05) is 6.04 Å². The molecule has 1 heterocycles. The van der Waals surface area contributed by atoms with Crippen molar-refractivity contribution in [1.29, 1.82) is 0 Å². The molecule has 0 saturated carbocycles. The quantitative estimate of drug-likeness (QED) is 0.664. The summed E-state index contributed by atoms with van der Waals surface area (Å²) in [5.74, 6) is 0. The lowest BCUT2D eigenvalue weighted by Gasteiger charge is -2.34. The van der Waals surface area contributed by atoms with Gasteiger partial charge in [-0.15, -0.1) is 0 Å². The molecule has 1 aliphatic rings. The lowest BCUT2D eigenvalue weighted by atomic mass is 10.1. The van der Waals surface area contributed by atoms with E-state index < -0.39 is 13.3 Å². The third-order valence-electron chi connectivity index (χ3n) is 2.71. The van der Waals surface area contributed by atoms with Crippen LogP contribution in [0.25, 0.3) is 0 Å². The van der Waals surface area contributed by atoms with Crippen LogP contribution in [0.5, 0.6) is 0 Å². The number of likely N-dealkylation sites (tertiary alicyclic amines) is 1. The van der Waals surface area contributed by atoms with Crippen molar-refractivity contribution in [2.24, 2.45) is 0 Å². The van der Waals surface area contributed by atoms with Gasteiger partial charge in [0.25, 0.3) is 0 Å². The van der Waals surface area contributed by atoms with Crippen LogP contribution in [0.1, 0.15) is 26.7 Å². The average Bonchev–Trinajstić information content (AvgIpc) is 2.03. The third-order valence-corrected chi connectivity index (χ3v) is 4.17. The minimum absolute atomic E-state index is 0.400. The fraction of sp³-hybridized carbons (Fsp3) is 1.00. The summed E-state index contributed by atoms with van der Waals surface area (Å²) in [5.41, 5.74) is -0.400. The summed E-state index contributed by atoms with van der Waals surface area (Å²) in [6.07, 6.45) is 1.25. The Morgan fingerprint density at radius 2 is 1.77 bits per heavy atom. The Morgan fingerprint density at radius 3 is 2.08 bits per heavy atom. The first kappa shape index (κ1) is 11.2. The maximum atomic E-state index is 10.9. The fourth-order valence-electron chi connectivity index (χ4n) is 1.74. The second-order valence-corrected chi connectivity index (χ2v) is 5.86. The highest BCUT2D eigenvalue weighted by Crippen LogP contribution is 2.46. The Bertz CT molecular complexity index is 205. The highest BCUT2D eigenvalue weighted by molar-refractivity contribution is 7.52. The molecule has 0 aliphatic carbocycles. The summed E-state index contributed by atoms with van der Waals surface area (Å²) in [6.45, 7) is 5.84. The number of piperidine rings is 1. The van der Waals surface area contributed by atoms with Gasteiger partial charge in [-0.1, -0.05) is 0 Å². The fourth-order valence-corrected chi connectivity index (χ4v) is 2.64. The molecule has 0 aromatic rings. The van der Waals surface area contributed by atoms with E-state index in [2.05, 4.69) is 18.7 Å². The molecule has 1 saturated heterocycles. The van der Waals surface area contributed by atoms with Crippen molar-refractivity contribution in [3.8, 4) is 0 Å². The summed E-state index contributed by atoms with van der Waals surface area (Å²) in [7, 11) is -3.82. The smallest absolute Gasteiger partial charge is 0.324 e. The van der Waals surface area contributed by atoms with E-state index in [1.807, 2.05) is 0 Å². The molecule has 5 heteroatoms. The molecule has 1 fully saturated rings. The van der Waals surface area contributed by atoms with Crippen LogP contribution in [0, 0.1) is 0 Å². The largest absolute Gasteiger partial charge is 0.328 e.